The van der Waals surface area contributed by atoms with Crippen LogP contribution in [0.15, 0.2) is 58.9 Å². The fourth-order valence-corrected chi connectivity index (χ4v) is 5.49. The molecule has 7 heteroatoms. The fraction of sp³-hybridized carbons (Fsp3) is 0.379. The minimum Gasteiger partial charge on any atom is -0.491 e. The van der Waals surface area contributed by atoms with E-state index in [1.165, 1.54) is 33.4 Å². The molecule has 0 radical (unpaired) electrons. The largest absolute Gasteiger partial charge is 0.491 e. The Kier molecular flexibility index (Phi) is 7.20. The number of hydrogen-bond donors (Lipinski definition) is 3. The number of hydrogen-bond acceptors (Lipinski definition) is 7. The Balaban J connectivity index is 1.30. The molecule has 2 atom stereocenters. The van der Waals surface area contributed by atoms with Crippen molar-refractivity contribution >= 4 is 0 Å². The van der Waals surface area contributed by atoms with Gasteiger partial charge in [0.25, 0.3) is 0 Å². The molecule has 0 aromatic heterocycles. The molecular formula is C29H34N4O3. The second-order valence-corrected chi connectivity index (χ2v) is 9.70. The van der Waals surface area contributed by atoms with Gasteiger partial charge in [-0.15, -0.1) is 5.11 Å². The molecule has 1 aliphatic carbocycles. The first-order valence-electron chi connectivity index (χ1n) is 12.6. The molecule has 0 fully saturated rings. The van der Waals surface area contributed by atoms with Gasteiger partial charge in [-0.1, -0.05) is 29.5 Å². The third-order valence-electron chi connectivity index (χ3n) is 7.28. The van der Waals surface area contributed by atoms with Crippen LogP contribution in [0.1, 0.15) is 52.1 Å². The second-order valence-electron chi connectivity index (χ2n) is 9.70. The highest BCUT2D eigenvalue weighted by Crippen LogP contribution is 2.39. The summed E-state index contributed by atoms with van der Waals surface area (Å²) in [6.45, 7) is 7.21. The number of benzene rings is 3. The van der Waals surface area contributed by atoms with E-state index in [4.69, 9.17) is 14.6 Å². The molecule has 3 aromatic rings. The van der Waals surface area contributed by atoms with E-state index in [0.717, 1.165) is 41.9 Å². The molecule has 1 heterocycles. The summed E-state index contributed by atoms with van der Waals surface area (Å²) in [5.74, 6) is 2.20. The third-order valence-corrected chi connectivity index (χ3v) is 7.28. The van der Waals surface area contributed by atoms with Crippen molar-refractivity contribution < 1.29 is 14.6 Å². The predicted octanol–water partition coefficient (Wildman–Crippen LogP) is 5.45. The first-order valence-corrected chi connectivity index (χ1v) is 12.6. The summed E-state index contributed by atoms with van der Waals surface area (Å²) in [6.07, 6.45) is 3.20. The normalized spacial score (nSPS) is 18.2. The van der Waals surface area contributed by atoms with Crippen molar-refractivity contribution in [3.63, 3.8) is 0 Å². The summed E-state index contributed by atoms with van der Waals surface area (Å²) < 4.78 is 11.9. The van der Waals surface area contributed by atoms with E-state index in [1.54, 1.807) is 0 Å². The highest BCUT2D eigenvalue weighted by atomic mass is 16.5. The minimum absolute atomic E-state index is 0.00819. The number of fused-ring (bicyclic) bond motifs is 1. The lowest BCUT2D eigenvalue weighted by molar-refractivity contribution is 0.201. The van der Waals surface area contributed by atoms with Crippen LogP contribution in [0.25, 0.3) is 11.1 Å². The van der Waals surface area contributed by atoms with Crippen LogP contribution in [0.2, 0.25) is 0 Å². The number of nitrogens with one attached hydrogen (secondary N) is 2. The highest BCUT2D eigenvalue weighted by Gasteiger charge is 2.27. The molecule has 188 valence electrons. The Hall–Kier alpha value is -3.42. The van der Waals surface area contributed by atoms with Crippen molar-refractivity contribution in [1.29, 1.82) is 0 Å². The average Bonchev–Trinajstić information content (AvgIpc) is 3.53. The molecule has 0 bridgehead atoms. The molecule has 3 N–H and O–H groups in total. The maximum Gasteiger partial charge on any atom is 0.141 e. The van der Waals surface area contributed by atoms with Gasteiger partial charge in [0.1, 0.15) is 30.9 Å². The first-order chi connectivity index (χ1) is 17.5. The smallest absolute Gasteiger partial charge is 0.141 e. The van der Waals surface area contributed by atoms with Crippen molar-refractivity contribution in [2.75, 3.05) is 13.2 Å². The van der Waals surface area contributed by atoms with E-state index < -0.39 is 0 Å². The number of nitrogens with zero attached hydrogens (tertiary/aromatic N) is 2. The SMILES string of the molecule is Cc1cc(OCCO)cc(C)c1-c1cccc(COc2ccc3c(c2)CCC3CC2N=NNN2)c1C. The van der Waals surface area contributed by atoms with Crippen molar-refractivity contribution in [1.82, 2.24) is 11.0 Å². The molecule has 0 saturated carbocycles. The molecule has 36 heavy (non-hydrogen) atoms. The zero-order valence-electron chi connectivity index (χ0n) is 21.2. The van der Waals surface area contributed by atoms with Crippen molar-refractivity contribution in [3.8, 4) is 22.6 Å². The predicted molar refractivity (Wildman–Crippen MR) is 140 cm³/mol. The average molecular weight is 487 g/mol. The summed E-state index contributed by atoms with van der Waals surface area (Å²) in [4.78, 5) is 0. The monoisotopic (exact) mass is 486 g/mol. The Labute approximate surface area is 212 Å². The van der Waals surface area contributed by atoms with Gasteiger partial charge in [0.05, 0.1) is 6.61 Å². The van der Waals surface area contributed by atoms with Gasteiger partial charge < -0.3 is 14.6 Å². The van der Waals surface area contributed by atoms with E-state index in [-0.39, 0.29) is 12.8 Å². The summed E-state index contributed by atoms with van der Waals surface area (Å²) in [5, 5.41) is 17.1. The molecule has 2 unspecified atom stereocenters. The maximum absolute atomic E-state index is 9.06. The van der Waals surface area contributed by atoms with E-state index in [2.05, 4.69) is 78.5 Å². The molecule has 0 spiro atoms. The van der Waals surface area contributed by atoms with E-state index in [1.807, 2.05) is 12.1 Å². The Morgan fingerprint density at radius 3 is 2.58 bits per heavy atom. The molecular weight excluding hydrogens is 452 g/mol. The number of ether oxygens (including phenoxy) is 2. The zero-order chi connectivity index (χ0) is 25.1. The molecule has 1 aliphatic heterocycles. The molecule has 3 aromatic carbocycles. The number of aliphatic hydroxyl groups is 1. The van der Waals surface area contributed by atoms with Crippen LogP contribution in [-0.2, 0) is 13.0 Å². The van der Waals surface area contributed by atoms with Gasteiger partial charge in [-0.25, -0.2) is 5.53 Å². The lowest BCUT2D eigenvalue weighted by Gasteiger charge is -2.18. The van der Waals surface area contributed by atoms with Crippen LogP contribution in [0.5, 0.6) is 11.5 Å². The molecule has 2 aliphatic rings. The molecule has 5 rings (SSSR count). The van der Waals surface area contributed by atoms with Crippen LogP contribution in [0.3, 0.4) is 0 Å². The molecule has 7 nitrogen and oxygen atoms in total. The fourth-order valence-electron chi connectivity index (χ4n) is 5.49. The topological polar surface area (TPSA) is 87.5 Å². The number of rotatable bonds is 9. The summed E-state index contributed by atoms with van der Waals surface area (Å²) in [5.41, 5.74) is 15.7. The van der Waals surface area contributed by atoms with Crippen LogP contribution in [0, 0.1) is 20.8 Å². The minimum atomic E-state index is 0.00819. The summed E-state index contributed by atoms with van der Waals surface area (Å²) in [6, 6.07) is 17.0. The van der Waals surface area contributed by atoms with Gasteiger partial charge in [0.2, 0.25) is 0 Å². The third kappa shape index (κ3) is 5.08. The summed E-state index contributed by atoms with van der Waals surface area (Å²) >= 11 is 0. The van der Waals surface area contributed by atoms with Gasteiger partial charge in [-0.3, -0.25) is 0 Å². The van der Waals surface area contributed by atoms with E-state index >= 15 is 0 Å². The van der Waals surface area contributed by atoms with Crippen molar-refractivity contribution in [2.45, 2.75) is 58.7 Å². The van der Waals surface area contributed by atoms with Crippen LogP contribution in [0.4, 0.5) is 0 Å². The Bertz CT molecular complexity index is 1250. The molecule has 0 saturated heterocycles. The highest BCUT2D eigenvalue weighted by molar-refractivity contribution is 5.75. The van der Waals surface area contributed by atoms with Crippen molar-refractivity contribution in [2.24, 2.45) is 10.3 Å². The quantitative estimate of drug-likeness (QED) is 0.374. The van der Waals surface area contributed by atoms with Crippen LogP contribution < -0.4 is 20.4 Å². The number of hydrazine groups is 1. The van der Waals surface area contributed by atoms with Crippen LogP contribution in [-0.4, -0.2) is 24.5 Å². The summed E-state index contributed by atoms with van der Waals surface area (Å²) in [7, 11) is 0. The number of aryl methyl sites for hydroxylation is 3. The van der Waals surface area contributed by atoms with E-state index in [9.17, 15) is 0 Å². The van der Waals surface area contributed by atoms with Gasteiger partial charge in [-0.05, 0) is 115 Å². The maximum atomic E-state index is 9.06. The van der Waals surface area contributed by atoms with E-state index in [0.29, 0.717) is 19.1 Å². The van der Waals surface area contributed by atoms with Gasteiger partial charge in [0, 0.05) is 0 Å². The van der Waals surface area contributed by atoms with Crippen molar-refractivity contribution in [3.05, 3.63) is 81.9 Å². The second kappa shape index (κ2) is 10.7. The lowest BCUT2D eigenvalue weighted by atomic mass is 9.90. The van der Waals surface area contributed by atoms with Gasteiger partial charge in [-0.2, -0.15) is 5.43 Å². The standard InChI is InChI=1S/C29H34N4O3/c1-18-13-25(35-12-11-34)14-19(2)29(18)26-6-4-5-23(20(26)3)17-36-24-9-10-27-21(15-24)7-8-22(27)16-28-30-32-33-31-28/h4-6,9-10,13-15,22,28,34H,7-8,11-12,16-17H2,1-3H3,(H,30,33)(H,31,32). The van der Waals surface area contributed by atoms with Gasteiger partial charge in [0.15, 0.2) is 0 Å². The zero-order valence-corrected chi connectivity index (χ0v) is 21.2. The lowest BCUT2D eigenvalue weighted by Crippen LogP contribution is -2.31. The first kappa shape index (κ1) is 24.3. The molecule has 0 amide bonds. The Morgan fingerprint density at radius 2 is 1.83 bits per heavy atom. The van der Waals surface area contributed by atoms with Gasteiger partial charge >= 0.3 is 0 Å². The number of aliphatic hydroxyl groups excluding tert-OH is 1. The van der Waals surface area contributed by atoms with Crippen LogP contribution >= 0.6 is 0 Å². The Morgan fingerprint density at radius 1 is 1.00 bits per heavy atom.